The van der Waals surface area contributed by atoms with Gasteiger partial charge in [-0.25, -0.2) is 0 Å². The van der Waals surface area contributed by atoms with Crippen molar-refractivity contribution >= 4 is 5.69 Å². The lowest BCUT2D eigenvalue weighted by atomic mass is 10.2. The van der Waals surface area contributed by atoms with E-state index in [2.05, 4.69) is 4.98 Å². The standard InChI is InChI=1S/C7H6N2O.ClH/c1-5-2-3-6(9-8)7(10)4-5;/h2-4H,1H3;1H. The largest absolute Gasteiger partial charge is 1.00 e. The quantitative estimate of drug-likeness (QED) is 0.518. The van der Waals surface area contributed by atoms with Crippen molar-refractivity contribution < 1.29 is 17.5 Å². The molecule has 0 unspecified atom stereocenters. The van der Waals surface area contributed by atoms with E-state index in [-0.39, 0.29) is 23.8 Å². The van der Waals surface area contributed by atoms with Gasteiger partial charge >= 0.3 is 5.69 Å². The molecule has 0 atom stereocenters. The van der Waals surface area contributed by atoms with Crippen LogP contribution in [0.1, 0.15) is 5.56 Å². The summed E-state index contributed by atoms with van der Waals surface area (Å²) >= 11 is 0. The zero-order chi connectivity index (χ0) is 7.56. The van der Waals surface area contributed by atoms with Gasteiger partial charge in [-0.1, -0.05) is 6.07 Å². The second kappa shape index (κ2) is 3.79. The Balaban J connectivity index is 0.000001000. The molecule has 1 rings (SSSR count). The van der Waals surface area contributed by atoms with Crippen LogP contribution in [-0.4, -0.2) is 5.11 Å². The van der Waals surface area contributed by atoms with E-state index in [0.29, 0.717) is 0 Å². The zero-order valence-electron chi connectivity index (χ0n) is 5.95. The van der Waals surface area contributed by atoms with E-state index in [0.717, 1.165) is 5.56 Å². The molecule has 0 aliphatic rings. The van der Waals surface area contributed by atoms with Gasteiger partial charge in [0.25, 0.3) is 0 Å². The van der Waals surface area contributed by atoms with E-state index in [1.165, 1.54) is 6.07 Å². The summed E-state index contributed by atoms with van der Waals surface area (Å²) in [6.07, 6.45) is 0. The first-order chi connectivity index (χ1) is 4.74. The van der Waals surface area contributed by atoms with Gasteiger partial charge in [-0.15, -0.1) is 0 Å². The summed E-state index contributed by atoms with van der Waals surface area (Å²) < 4.78 is 0. The monoisotopic (exact) mass is 170 g/mol. The summed E-state index contributed by atoms with van der Waals surface area (Å²) in [5, 5.41) is 17.3. The van der Waals surface area contributed by atoms with Crippen LogP contribution in [0.3, 0.4) is 0 Å². The molecule has 0 bridgehead atoms. The minimum atomic E-state index is 0. The lowest BCUT2D eigenvalue weighted by molar-refractivity contribution is -0.00000337. The minimum absolute atomic E-state index is 0. The number of hydrogen-bond donors (Lipinski definition) is 1. The highest BCUT2D eigenvalue weighted by Crippen LogP contribution is 2.26. The zero-order valence-corrected chi connectivity index (χ0v) is 6.71. The molecule has 11 heavy (non-hydrogen) atoms. The Hall–Kier alpha value is -1.27. The van der Waals surface area contributed by atoms with Crippen LogP contribution in [0.25, 0.3) is 4.98 Å². The first-order valence-electron chi connectivity index (χ1n) is 2.89. The molecule has 0 aliphatic carbocycles. The van der Waals surface area contributed by atoms with E-state index in [1.807, 2.05) is 6.92 Å². The number of diazo groups is 1. The molecule has 58 valence electrons. The van der Waals surface area contributed by atoms with Gasteiger partial charge in [0.1, 0.15) is 0 Å². The van der Waals surface area contributed by atoms with Crippen LogP contribution >= 0.6 is 0 Å². The fourth-order valence-corrected chi connectivity index (χ4v) is 0.718. The third kappa shape index (κ3) is 2.10. The van der Waals surface area contributed by atoms with E-state index in [4.69, 9.17) is 10.5 Å². The normalized spacial score (nSPS) is 8.00. The Bertz CT molecular complexity index is 293. The van der Waals surface area contributed by atoms with Crippen molar-refractivity contribution in [3.8, 4) is 5.75 Å². The van der Waals surface area contributed by atoms with Gasteiger partial charge < -0.3 is 17.5 Å². The van der Waals surface area contributed by atoms with Crippen LogP contribution in [0.5, 0.6) is 5.75 Å². The van der Waals surface area contributed by atoms with Crippen molar-refractivity contribution in [1.82, 2.24) is 0 Å². The molecule has 4 heteroatoms. The molecule has 0 heterocycles. The SMILES string of the molecule is Cc1ccc([N+]#N)c(O)c1.[Cl-]. The Morgan fingerprint density at radius 3 is 2.55 bits per heavy atom. The van der Waals surface area contributed by atoms with Crippen LogP contribution in [0.2, 0.25) is 0 Å². The lowest BCUT2D eigenvalue weighted by Gasteiger charge is -1.87. The molecule has 0 radical (unpaired) electrons. The predicted octanol–water partition coefficient (Wildman–Crippen LogP) is -0.811. The molecule has 1 N–H and O–H groups in total. The molecule has 0 aromatic heterocycles. The van der Waals surface area contributed by atoms with E-state index >= 15 is 0 Å². The molecule has 0 amide bonds. The van der Waals surface area contributed by atoms with Gasteiger partial charge in [0.2, 0.25) is 11.1 Å². The summed E-state index contributed by atoms with van der Waals surface area (Å²) in [5.41, 5.74) is 1.13. The summed E-state index contributed by atoms with van der Waals surface area (Å²) in [7, 11) is 0. The van der Waals surface area contributed by atoms with E-state index < -0.39 is 0 Å². The maximum absolute atomic E-state index is 9.04. The molecule has 0 spiro atoms. The van der Waals surface area contributed by atoms with E-state index in [9.17, 15) is 0 Å². The van der Waals surface area contributed by atoms with Crippen molar-refractivity contribution in [3.63, 3.8) is 0 Å². The number of nitrogens with zero attached hydrogens (tertiary/aromatic N) is 2. The molecule has 0 saturated heterocycles. The second-order valence-electron chi connectivity index (χ2n) is 2.09. The van der Waals surface area contributed by atoms with Crippen molar-refractivity contribution in [2.45, 2.75) is 6.92 Å². The van der Waals surface area contributed by atoms with Crippen LogP contribution in [-0.2, 0) is 0 Å². The number of halogens is 1. The minimum Gasteiger partial charge on any atom is -1.00 e. The van der Waals surface area contributed by atoms with Gasteiger partial charge in [-0.05, 0) is 18.6 Å². The van der Waals surface area contributed by atoms with Crippen molar-refractivity contribution in [2.24, 2.45) is 0 Å². The van der Waals surface area contributed by atoms with Gasteiger partial charge in [0, 0.05) is 6.07 Å². The van der Waals surface area contributed by atoms with Crippen molar-refractivity contribution in [2.75, 3.05) is 0 Å². The number of phenols is 1. The topological polar surface area (TPSA) is 48.4 Å². The smallest absolute Gasteiger partial charge is 0.426 e. The molecule has 0 saturated carbocycles. The fraction of sp³-hybridized carbons (Fsp3) is 0.143. The summed E-state index contributed by atoms with van der Waals surface area (Å²) in [4.78, 5) is 2.86. The van der Waals surface area contributed by atoms with Gasteiger partial charge in [-0.2, -0.15) is 0 Å². The van der Waals surface area contributed by atoms with E-state index in [1.54, 1.807) is 12.1 Å². The lowest BCUT2D eigenvalue weighted by Crippen LogP contribution is -3.00. The maximum Gasteiger partial charge on any atom is 0.426 e. The highest BCUT2D eigenvalue weighted by Gasteiger charge is 2.10. The average Bonchev–Trinajstić information content (AvgIpc) is 1.88. The second-order valence-corrected chi connectivity index (χ2v) is 2.09. The molecule has 3 nitrogen and oxygen atoms in total. The number of hydrogen-bond acceptors (Lipinski definition) is 2. The summed E-state index contributed by atoms with van der Waals surface area (Å²) in [6, 6.07) is 4.84. The molecule has 0 aliphatic heterocycles. The van der Waals surface area contributed by atoms with Crippen LogP contribution in [0.15, 0.2) is 18.2 Å². The highest BCUT2D eigenvalue weighted by molar-refractivity contribution is 5.56. The number of rotatable bonds is 0. The number of aryl methyl sites for hydroxylation is 1. The Kier molecular flexibility index (Phi) is 3.35. The third-order valence-electron chi connectivity index (χ3n) is 1.24. The molecule has 1 aromatic rings. The molecular formula is C7H7ClN2O. The Morgan fingerprint density at radius 1 is 1.45 bits per heavy atom. The van der Waals surface area contributed by atoms with Gasteiger partial charge in [-0.3, -0.25) is 0 Å². The van der Waals surface area contributed by atoms with Crippen LogP contribution < -0.4 is 12.4 Å². The Labute approximate surface area is 70.7 Å². The van der Waals surface area contributed by atoms with Crippen molar-refractivity contribution in [1.29, 1.82) is 5.39 Å². The first kappa shape index (κ1) is 9.73. The van der Waals surface area contributed by atoms with Gasteiger partial charge in [0.05, 0.1) is 0 Å². The number of benzene rings is 1. The summed E-state index contributed by atoms with van der Waals surface area (Å²) in [6.45, 7) is 1.85. The van der Waals surface area contributed by atoms with Gasteiger partial charge in [0.15, 0.2) is 4.98 Å². The van der Waals surface area contributed by atoms with Crippen LogP contribution in [0, 0.1) is 12.3 Å². The first-order valence-corrected chi connectivity index (χ1v) is 2.89. The number of phenolic OH excluding ortho intramolecular Hbond substituents is 1. The molecule has 1 aromatic carbocycles. The third-order valence-corrected chi connectivity index (χ3v) is 1.24. The maximum atomic E-state index is 9.04. The Morgan fingerprint density at radius 2 is 2.09 bits per heavy atom. The molecular weight excluding hydrogens is 164 g/mol. The highest BCUT2D eigenvalue weighted by atomic mass is 35.5. The van der Waals surface area contributed by atoms with Crippen molar-refractivity contribution in [3.05, 3.63) is 28.7 Å². The predicted molar refractivity (Wildman–Crippen MR) is 37.6 cm³/mol. The summed E-state index contributed by atoms with van der Waals surface area (Å²) in [5.74, 6) is 0.00231. The average molecular weight is 171 g/mol. The molecule has 0 fully saturated rings. The van der Waals surface area contributed by atoms with Crippen LogP contribution in [0.4, 0.5) is 5.69 Å². The fourth-order valence-electron chi connectivity index (χ4n) is 0.718. The number of aromatic hydroxyl groups is 1.